The fraction of sp³-hybridized carbons (Fsp3) is 0.227. The summed E-state index contributed by atoms with van der Waals surface area (Å²) in [5.74, 6) is 0.0779. The fourth-order valence-electron chi connectivity index (χ4n) is 3.52. The van der Waals surface area contributed by atoms with Crippen molar-refractivity contribution in [3.8, 4) is 5.75 Å². The predicted molar refractivity (Wildman–Crippen MR) is 114 cm³/mol. The Morgan fingerprint density at radius 2 is 1.80 bits per heavy atom. The molecule has 8 nitrogen and oxygen atoms in total. The molecule has 0 bridgehead atoms. The maximum Gasteiger partial charge on any atom is 0.336 e. The Kier molecular flexibility index (Phi) is 4.91. The zero-order valence-corrected chi connectivity index (χ0v) is 16.9. The number of aryl methyl sites for hydroxylation is 3. The van der Waals surface area contributed by atoms with Crippen molar-refractivity contribution in [2.24, 2.45) is 14.1 Å². The second-order valence-corrected chi connectivity index (χ2v) is 7.04. The van der Waals surface area contributed by atoms with Crippen LogP contribution in [0.15, 0.2) is 56.5 Å². The number of hydrogen-bond donors (Lipinski definition) is 1. The molecule has 4 aromatic rings. The molecule has 30 heavy (non-hydrogen) atoms. The summed E-state index contributed by atoms with van der Waals surface area (Å²) in [6.45, 7) is 1.75. The highest BCUT2D eigenvalue weighted by atomic mass is 16.5. The van der Waals surface area contributed by atoms with Crippen LogP contribution in [0.4, 0.5) is 5.69 Å². The van der Waals surface area contributed by atoms with Crippen LogP contribution in [0.25, 0.3) is 22.0 Å². The third-order valence-corrected chi connectivity index (χ3v) is 5.11. The molecule has 1 amide bonds. The number of carbonyl (C=O) groups excluding carboxylic acids is 1. The second-order valence-electron chi connectivity index (χ2n) is 7.04. The molecule has 4 rings (SSSR count). The first-order valence-electron chi connectivity index (χ1n) is 9.52. The van der Waals surface area contributed by atoms with Crippen molar-refractivity contribution in [3.05, 3.63) is 68.9 Å². The van der Waals surface area contributed by atoms with Gasteiger partial charge in [-0.2, -0.15) is 0 Å². The van der Waals surface area contributed by atoms with Crippen molar-refractivity contribution < 1.29 is 13.9 Å². The minimum absolute atomic E-state index is 0.133. The molecular formula is C22H21N3O5. The molecule has 0 saturated heterocycles. The van der Waals surface area contributed by atoms with Gasteiger partial charge in [0, 0.05) is 37.3 Å². The molecule has 0 aliphatic heterocycles. The van der Waals surface area contributed by atoms with Crippen molar-refractivity contribution in [1.29, 1.82) is 0 Å². The van der Waals surface area contributed by atoms with E-state index in [0.717, 1.165) is 22.0 Å². The van der Waals surface area contributed by atoms with E-state index >= 15 is 0 Å². The lowest BCUT2D eigenvalue weighted by atomic mass is 10.1. The zero-order valence-electron chi connectivity index (χ0n) is 16.9. The van der Waals surface area contributed by atoms with Gasteiger partial charge in [-0.1, -0.05) is 6.92 Å². The van der Waals surface area contributed by atoms with Gasteiger partial charge in [-0.3, -0.25) is 13.9 Å². The highest BCUT2D eigenvalue weighted by Gasteiger charge is 2.11. The molecule has 0 spiro atoms. The molecule has 2 aromatic carbocycles. The van der Waals surface area contributed by atoms with Crippen molar-refractivity contribution in [3.63, 3.8) is 0 Å². The van der Waals surface area contributed by atoms with Crippen LogP contribution in [0.2, 0.25) is 0 Å². The molecule has 0 aliphatic carbocycles. The molecule has 2 aromatic heterocycles. The van der Waals surface area contributed by atoms with Crippen molar-refractivity contribution in [2.75, 3.05) is 11.9 Å². The Morgan fingerprint density at radius 1 is 1.03 bits per heavy atom. The van der Waals surface area contributed by atoms with Crippen LogP contribution < -0.4 is 21.4 Å². The number of ether oxygens (including phenoxy) is 1. The van der Waals surface area contributed by atoms with Crippen LogP contribution >= 0.6 is 0 Å². The van der Waals surface area contributed by atoms with E-state index in [2.05, 4.69) is 5.32 Å². The van der Waals surface area contributed by atoms with Gasteiger partial charge in [0.25, 0.3) is 5.91 Å². The number of nitrogens with one attached hydrogen (secondary N) is 1. The topological polar surface area (TPSA) is 95.5 Å². The quantitative estimate of drug-likeness (QED) is 0.513. The van der Waals surface area contributed by atoms with Crippen molar-refractivity contribution >= 4 is 33.6 Å². The minimum atomic E-state index is -0.417. The first-order chi connectivity index (χ1) is 14.4. The number of anilines is 1. The van der Waals surface area contributed by atoms with E-state index in [1.807, 2.05) is 13.0 Å². The van der Waals surface area contributed by atoms with E-state index in [0.29, 0.717) is 23.4 Å². The Balaban J connectivity index is 1.48. The monoisotopic (exact) mass is 407 g/mol. The van der Waals surface area contributed by atoms with Crippen LogP contribution in [0, 0.1) is 0 Å². The molecule has 0 radical (unpaired) electrons. The van der Waals surface area contributed by atoms with Crippen LogP contribution in [0.5, 0.6) is 5.75 Å². The number of hydrogen-bond acceptors (Lipinski definition) is 5. The highest BCUT2D eigenvalue weighted by molar-refractivity contribution is 5.94. The van der Waals surface area contributed by atoms with Crippen LogP contribution in [0.3, 0.4) is 0 Å². The summed E-state index contributed by atoms with van der Waals surface area (Å²) in [5.41, 5.74) is 2.84. The van der Waals surface area contributed by atoms with Gasteiger partial charge in [0.2, 0.25) is 0 Å². The van der Waals surface area contributed by atoms with E-state index in [1.165, 1.54) is 10.6 Å². The summed E-state index contributed by atoms with van der Waals surface area (Å²) < 4.78 is 13.9. The first kappa shape index (κ1) is 19.5. The molecular weight excluding hydrogens is 386 g/mol. The van der Waals surface area contributed by atoms with Crippen LogP contribution in [-0.4, -0.2) is 21.6 Å². The third kappa shape index (κ3) is 3.47. The Hall–Kier alpha value is -3.81. The number of imidazole rings is 1. The molecule has 0 saturated carbocycles. The van der Waals surface area contributed by atoms with Gasteiger partial charge in [-0.15, -0.1) is 0 Å². The number of carbonyl (C=O) groups is 1. The van der Waals surface area contributed by atoms with Gasteiger partial charge in [0.05, 0.1) is 11.0 Å². The van der Waals surface area contributed by atoms with Crippen molar-refractivity contribution in [1.82, 2.24) is 9.13 Å². The Labute approximate surface area is 171 Å². The summed E-state index contributed by atoms with van der Waals surface area (Å²) in [6.07, 6.45) is 0.710. The van der Waals surface area contributed by atoms with Gasteiger partial charge in [-0.25, -0.2) is 9.59 Å². The van der Waals surface area contributed by atoms with Gasteiger partial charge < -0.3 is 14.5 Å². The third-order valence-electron chi connectivity index (χ3n) is 5.11. The van der Waals surface area contributed by atoms with Gasteiger partial charge in [0.1, 0.15) is 11.3 Å². The summed E-state index contributed by atoms with van der Waals surface area (Å²) in [7, 11) is 3.38. The minimum Gasteiger partial charge on any atom is -0.484 e. The second kappa shape index (κ2) is 7.55. The standard InChI is InChI=1S/C22H21N3O5/c1-4-13-9-21(27)30-19-11-15(6-7-16(13)19)29-12-20(26)23-14-5-8-17-18(10-14)25(3)22(28)24(17)2/h5-11H,4,12H2,1-3H3,(H,23,26). The average molecular weight is 407 g/mol. The van der Waals surface area contributed by atoms with Crippen LogP contribution in [-0.2, 0) is 25.3 Å². The normalized spacial score (nSPS) is 11.2. The van der Waals surface area contributed by atoms with Gasteiger partial charge in [0.15, 0.2) is 6.61 Å². The smallest absolute Gasteiger partial charge is 0.336 e. The number of rotatable bonds is 5. The van der Waals surface area contributed by atoms with Crippen molar-refractivity contribution in [2.45, 2.75) is 13.3 Å². The van der Waals surface area contributed by atoms with Gasteiger partial charge >= 0.3 is 11.3 Å². The summed E-state index contributed by atoms with van der Waals surface area (Å²) in [5, 5.41) is 3.61. The first-order valence-corrected chi connectivity index (χ1v) is 9.52. The molecule has 154 valence electrons. The van der Waals surface area contributed by atoms with E-state index in [9.17, 15) is 14.4 Å². The predicted octanol–water partition coefficient (Wildman–Crippen LogP) is 2.56. The summed E-state index contributed by atoms with van der Waals surface area (Å²) in [6, 6.07) is 11.9. The summed E-state index contributed by atoms with van der Waals surface area (Å²) >= 11 is 0. The van der Waals surface area contributed by atoms with Gasteiger partial charge in [-0.05, 0) is 42.3 Å². The zero-order chi connectivity index (χ0) is 21.4. The maximum absolute atomic E-state index is 12.3. The molecule has 0 aliphatic rings. The molecule has 1 N–H and O–H groups in total. The maximum atomic E-state index is 12.3. The Morgan fingerprint density at radius 3 is 2.57 bits per heavy atom. The molecule has 2 heterocycles. The number of nitrogens with zero attached hydrogens (tertiary/aromatic N) is 2. The molecule has 0 fully saturated rings. The lowest BCUT2D eigenvalue weighted by molar-refractivity contribution is -0.118. The average Bonchev–Trinajstić information content (AvgIpc) is 2.95. The van der Waals surface area contributed by atoms with Crippen LogP contribution in [0.1, 0.15) is 12.5 Å². The SMILES string of the molecule is CCc1cc(=O)oc2cc(OCC(=O)Nc3ccc4c(c3)n(C)c(=O)n4C)ccc12. The molecule has 0 unspecified atom stereocenters. The number of fused-ring (bicyclic) bond motifs is 2. The lowest BCUT2D eigenvalue weighted by Crippen LogP contribution is -2.20. The van der Waals surface area contributed by atoms with E-state index in [1.54, 1.807) is 49.0 Å². The number of amides is 1. The number of benzene rings is 2. The fourth-order valence-corrected chi connectivity index (χ4v) is 3.52. The van der Waals surface area contributed by atoms with E-state index in [-0.39, 0.29) is 18.2 Å². The molecule has 8 heteroatoms. The number of aromatic nitrogens is 2. The van der Waals surface area contributed by atoms with E-state index < -0.39 is 5.63 Å². The summed E-state index contributed by atoms with van der Waals surface area (Å²) in [4.78, 5) is 36.0. The lowest BCUT2D eigenvalue weighted by Gasteiger charge is -2.09. The molecule has 0 atom stereocenters. The Bertz CT molecular complexity index is 1390. The highest BCUT2D eigenvalue weighted by Crippen LogP contribution is 2.23. The largest absolute Gasteiger partial charge is 0.484 e. The van der Waals surface area contributed by atoms with E-state index in [4.69, 9.17) is 9.15 Å².